The molecule has 0 aliphatic carbocycles. The number of benzene rings is 2. The number of hydrogen-bond donors (Lipinski definition) is 3. The fourth-order valence-electron chi connectivity index (χ4n) is 2.31. The third-order valence-electron chi connectivity index (χ3n) is 3.50. The van der Waals surface area contributed by atoms with E-state index in [1.807, 2.05) is 30.3 Å². The Hall–Kier alpha value is -2.92. The maximum absolute atomic E-state index is 9.62. The zero-order chi connectivity index (χ0) is 16.1. The highest BCUT2D eigenvalue weighted by atomic mass is 16.3. The van der Waals surface area contributed by atoms with Gasteiger partial charge in [0, 0.05) is 5.56 Å². The molecule has 2 aromatic carbocycles. The zero-order valence-electron chi connectivity index (χ0n) is 12.4. The van der Waals surface area contributed by atoms with Crippen LogP contribution in [0.2, 0.25) is 0 Å². The second-order valence-electron chi connectivity index (χ2n) is 5.13. The lowest BCUT2D eigenvalue weighted by atomic mass is 10.1. The van der Waals surface area contributed by atoms with Crippen molar-refractivity contribution in [2.24, 2.45) is 0 Å². The van der Waals surface area contributed by atoms with E-state index in [0.717, 1.165) is 11.1 Å². The number of nitrogens with one attached hydrogen (secondary N) is 1. The smallest absolute Gasteiger partial charge is 0.145 e. The molecule has 5 heteroatoms. The first kappa shape index (κ1) is 15.0. The molecule has 116 valence electrons. The van der Waals surface area contributed by atoms with E-state index in [4.69, 9.17) is 0 Å². The lowest BCUT2D eigenvalue weighted by molar-refractivity contribution is 0.276. The van der Waals surface area contributed by atoms with Crippen molar-refractivity contribution in [1.82, 2.24) is 9.97 Å². The molecule has 23 heavy (non-hydrogen) atoms. The first-order valence-corrected chi connectivity index (χ1v) is 7.30. The van der Waals surface area contributed by atoms with Crippen LogP contribution in [0.15, 0.2) is 67.0 Å². The molecule has 0 spiro atoms. The van der Waals surface area contributed by atoms with Crippen molar-refractivity contribution in [2.75, 3.05) is 11.9 Å². The van der Waals surface area contributed by atoms with Crippen LogP contribution < -0.4 is 5.32 Å². The number of phenolic OH excluding ortho intramolecular Hbond substituents is 1. The van der Waals surface area contributed by atoms with E-state index in [0.29, 0.717) is 11.5 Å². The fourth-order valence-corrected chi connectivity index (χ4v) is 2.31. The normalized spacial score (nSPS) is 11.9. The second-order valence-corrected chi connectivity index (χ2v) is 5.13. The number of anilines is 1. The Bertz CT molecular complexity index is 761. The maximum Gasteiger partial charge on any atom is 0.145 e. The van der Waals surface area contributed by atoms with Gasteiger partial charge in [-0.3, -0.25) is 4.98 Å². The van der Waals surface area contributed by atoms with Gasteiger partial charge in [0.25, 0.3) is 0 Å². The van der Waals surface area contributed by atoms with E-state index in [1.54, 1.807) is 36.7 Å². The van der Waals surface area contributed by atoms with Gasteiger partial charge in [-0.2, -0.15) is 0 Å². The Kier molecular flexibility index (Phi) is 4.49. The number of aromatic nitrogens is 2. The highest BCUT2D eigenvalue weighted by molar-refractivity contribution is 5.60. The van der Waals surface area contributed by atoms with Crippen LogP contribution in [0.25, 0.3) is 11.3 Å². The average Bonchev–Trinajstić information content (AvgIpc) is 2.61. The summed E-state index contributed by atoms with van der Waals surface area (Å²) >= 11 is 0. The minimum atomic E-state index is -0.249. The van der Waals surface area contributed by atoms with Crippen LogP contribution in [0.5, 0.6) is 5.75 Å². The Morgan fingerprint density at radius 2 is 1.70 bits per heavy atom. The Morgan fingerprint density at radius 3 is 2.39 bits per heavy atom. The number of hydrogen-bond acceptors (Lipinski definition) is 5. The molecule has 5 nitrogen and oxygen atoms in total. The average molecular weight is 307 g/mol. The van der Waals surface area contributed by atoms with Crippen molar-refractivity contribution in [3.05, 3.63) is 72.6 Å². The van der Waals surface area contributed by atoms with Gasteiger partial charge in [0.05, 0.1) is 30.7 Å². The van der Waals surface area contributed by atoms with E-state index < -0.39 is 0 Å². The van der Waals surface area contributed by atoms with Gasteiger partial charge in [-0.05, 0) is 29.8 Å². The number of phenols is 1. The predicted molar refractivity (Wildman–Crippen MR) is 89.0 cm³/mol. The molecule has 3 N–H and O–H groups in total. The summed E-state index contributed by atoms with van der Waals surface area (Å²) in [6.45, 7) is -0.0465. The Morgan fingerprint density at radius 1 is 0.957 bits per heavy atom. The van der Waals surface area contributed by atoms with Gasteiger partial charge in [-0.25, -0.2) is 4.98 Å². The van der Waals surface area contributed by atoms with Crippen LogP contribution in [0.3, 0.4) is 0 Å². The van der Waals surface area contributed by atoms with Gasteiger partial charge in [0.2, 0.25) is 0 Å². The first-order valence-electron chi connectivity index (χ1n) is 7.30. The standard InChI is InChI=1S/C18H17N3O2/c22-12-17(13-4-2-1-3-5-13)21-18-11-19-10-16(20-18)14-6-8-15(23)9-7-14/h1-11,17,22-23H,12H2,(H,20,21). The lowest BCUT2D eigenvalue weighted by Gasteiger charge is -2.17. The van der Waals surface area contributed by atoms with Crippen LogP contribution in [-0.4, -0.2) is 26.8 Å². The minimum absolute atomic E-state index is 0.0465. The molecule has 3 aromatic rings. The summed E-state index contributed by atoms with van der Waals surface area (Å²) < 4.78 is 0. The predicted octanol–water partition coefficient (Wildman–Crippen LogP) is 2.99. The lowest BCUT2D eigenvalue weighted by Crippen LogP contribution is -2.15. The Labute approximate surface area is 134 Å². The van der Waals surface area contributed by atoms with Crippen LogP contribution in [-0.2, 0) is 0 Å². The maximum atomic E-state index is 9.62. The fraction of sp³-hybridized carbons (Fsp3) is 0.111. The van der Waals surface area contributed by atoms with Gasteiger partial charge >= 0.3 is 0 Å². The molecule has 0 amide bonds. The summed E-state index contributed by atoms with van der Waals surface area (Å²) in [5.74, 6) is 0.791. The number of aliphatic hydroxyl groups excluding tert-OH is 1. The third kappa shape index (κ3) is 3.64. The number of nitrogens with zero attached hydrogens (tertiary/aromatic N) is 2. The van der Waals surface area contributed by atoms with Crippen molar-refractivity contribution in [2.45, 2.75) is 6.04 Å². The van der Waals surface area contributed by atoms with Gasteiger partial charge in [0.15, 0.2) is 0 Å². The summed E-state index contributed by atoms with van der Waals surface area (Å²) in [5, 5.41) is 22.2. The molecule has 1 heterocycles. The molecule has 0 saturated heterocycles. The molecule has 0 radical (unpaired) electrons. The molecule has 0 aliphatic rings. The van der Waals surface area contributed by atoms with Gasteiger partial charge in [-0.15, -0.1) is 0 Å². The van der Waals surface area contributed by atoms with Crippen LogP contribution >= 0.6 is 0 Å². The van der Waals surface area contributed by atoms with Gasteiger partial charge in [0.1, 0.15) is 11.6 Å². The number of aliphatic hydroxyl groups is 1. The van der Waals surface area contributed by atoms with E-state index in [2.05, 4.69) is 15.3 Å². The second kappa shape index (κ2) is 6.89. The molecule has 3 rings (SSSR count). The molecule has 0 saturated carbocycles. The first-order chi connectivity index (χ1) is 11.3. The van der Waals surface area contributed by atoms with Crippen LogP contribution in [0, 0.1) is 0 Å². The van der Waals surface area contributed by atoms with Crippen molar-refractivity contribution in [3.63, 3.8) is 0 Å². The van der Waals surface area contributed by atoms with Crippen molar-refractivity contribution >= 4 is 5.82 Å². The van der Waals surface area contributed by atoms with Gasteiger partial charge in [-0.1, -0.05) is 30.3 Å². The summed E-state index contributed by atoms with van der Waals surface area (Å²) in [6, 6.07) is 16.2. The van der Waals surface area contributed by atoms with Crippen molar-refractivity contribution in [1.29, 1.82) is 0 Å². The molecule has 1 aromatic heterocycles. The molecular formula is C18H17N3O2. The highest BCUT2D eigenvalue weighted by Gasteiger charge is 2.11. The van der Waals surface area contributed by atoms with Crippen LogP contribution in [0.1, 0.15) is 11.6 Å². The minimum Gasteiger partial charge on any atom is -0.508 e. The Balaban J connectivity index is 1.83. The largest absolute Gasteiger partial charge is 0.508 e. The van der Waals surface area contributed by atoms with E-state index in [1.165, 1.54) is 0 Å². The zero-order valence-corrected chi connectivity index (χ0v) is 12.4. The molecule has 1 unspecified atom stereocenters. The summed E-state index contributed by atoms with van der Waals surface area (Å²) in [5.41, 5.74) is 2.53. The summed E-state index contributed by atoms with van der Waals surface area (Å²) in [4.78, 5) is 8.71. The quantitative estimate of drug-likeness (QED) is 0.675. The SMILES string of the molecule is OCC(Nc1cncc(-c2ccc(O)cc2)n1)c1ccccc1. The molecule has 1 atom stereocenters. The van der Waals surface area contributed by atoms with Crippen molar-refractivity contribution < 1.29 is 10.2 Å². The number of aromatic hydroxyl groups is 1. The van der Waals surface area contributed by atoms with E-state index in [-0.39, 0.29) is 18.4 Å². The molecular weight excluding hydrogens is 290 g/mol. The summed E-state index contributed by atoms with van der Waals surface area (Å²) in [6.07, 6.45) is 3.28. The molecule has 0 aliphatic heterocycles. The van der Waals surface area contributed by atoms with Crippen molar-refractivity contribution in [3.8, 4) is 17.0 Å². The third-order valence-corrected chi connectivity index (χ3v) is 3.50. The highest BCUT2D eigenvalue weighted by Crippen LogP contribution is 2.22. The van der Waals surface area contributed by atoms with E-state index in [9.17, 15) is 10.2 Å². The number of rotatable bonds is 5. The van der Waals surface area contributed by atoms with E-state index >= 15 is 0 Å². The van der Waals surface area contributed by atoms with Crippen LogP contribution in [0.4, 0.5) is 5.82 Å². The summed E-state index contributed by atoms with van der Waals surface area (Å²) in [7, 11) is 0. The topological polar surface area (TPSA) is 78.3 Å². The molecule has 0 fully saturated rings. The molecule has 0 bridgehead atoms. The monoisotopic (exact) mass is 307 g/mol. The van der Waals surface area contributed by atoms with Gasteiger partial charge < -0.3 is 15.5 Å².